The van der Waals surface area contributed by atoms with E-state index in [1.54, 1.807) is 11.8 Å². The van der Waals surface area contributed by atoms with Gasteiger partial charge in [0.15, 0.2) is 4.34 Å². The average Bonchev–Trinajstić information content (AvgIpc) is 3.15. The third-order valence-corrected chi connectivity index (χ3v) is 6.31. The SMILES string of the molecule is CC(=O)N(c1nnc(SC(C)c2nnc(-c3ccc(C)cc3)o2)s1)C1CC1. The highest BCUT2D eigenvalue weighted by Crippen LogP contribution is 2.40. The molecule has 1 unspecified atom stereocenters. The maximum Gasteiger partial charge on any atom is 0.247 e. The van der Waals surface area contributed by atoms with Crippen LogP contribution in [0.15, 0.2) is 33.0 Å². The zero-order chi connectivity index (χ0) is 19.0. The number of nitrogens with zero attached hydrogens (tertiary/aromatic N) is 5. The molecule has 0 spiro atoms. The van der Waals surface area contributed by atoms with Crippen LogP contribution in [0.3, 0.4) is 0 Å². The molecule has 0 N–H and O–H groups in total. The minimum atomic E-state index is -0.0656. The van der Waals surface area contributed by atoms with Gasteiger partial charge in [-0.15, -0.1) is 20.4 Å². The van der Waals surface area contributed by atoms with E-state index in [0.717, 1.165) is 22.7 Å². The van der Waals surface area contributed by atoms with E-state index < -0.39 is 0 Å². The first-order valence-corrected chi connectivity index (χ1v) is 10.4. The molecule has 1 aromatic carbocycles. The van der Waals surface area contributed by atoms with Gasteiger partial charge in [-0.2, -0.15) is 0 Å². The molecule has 0 radical (unpaired) electrons. The Kier molecular flexibility index (Phi) is 4.96. The Morgan fingerprint density at radius 2 is 1.96 bits per heavy atom. The Morgan fingerprint density at radius 3 is 2.63 bits per heavy atom. The van der Waals surface area contributed by atoms with Crippen LogP contribution < -0.4 is 4.90 Å². The standard InChI is InChI=1S/C18H19N5O2S2/c1-10-4-6-13(7-5-10)16-20-19-15(25-16)11(2)26-18-22-21-17(27-18)23(12(3)24)14-8-9-14/h4-7,11,14H,8-9H2,1-3H3. The van der Waals surface area contributed by atoms with Crippen LogP contribution in [0, 0.1) is 6.92 Å². The first-order chi connectivity index (χ1) is 13.0. The molecular formula is C18H19N5O2S2. The molecule has 0 aliphatic heterocycles. The second-order valence-corrected chi connectivity index (χ2v) is 9.09. The van der Waals surface area contributed by atoms with Crippen LogP contribution >= 0.6 is 23.1 Å². The summed E-state index contributed by atoms with van der Waals surface area (Å²) in [6.07, 6.45) is 2.06. The van der Waals surface area contributed by atoms with Gasteiger partial charge in [0.2, 0.25) is 22.8 Å². The number of rotatable bonds is 6. The lowest BCUT2D eigenvalue weighted by atomic mass is 10.1. The van der Waals surface area contributed by atoms with Gasteiger partial charge in [-0.3, -0.25) is 9.69 Å². The number of anilines is 1. The van der Waals surface area contributed by atoms with Crippen molar-refractivity contribution in [2.75, 3.05) is 4.90 Å². The molecule has 9 heteroatoms. The van der Waals surface area contributed by atoms with E-state index >= 15 is 0 Å². The number of hydrogen-bond donors (Lipinski definition) is 0. The Labute approximate surface area is 165 Å². The molecule has 4 rings (SSSR count). The van der Waals surface area contributed by atoms with Crippen molar-refractivity contribution in [1.82, 2.24) is 20.4 Å². The van der Waals surface area contributed by atoms with Gasteiger partial charge >= 0.3 is 0 Å². The van der Waals surface area contributed by atoms with E-state index in [9.17, 15) is 4.79 Å². The summed E-state index contributed by atoms with van der Waals surface area (Å²) in [6.45, 7) is 5.59. The van der Waals surface area contributed by atoms with Gasteiger partial charge in [0.25, 0.3) is 0 Å². The summed E-state index contributed by atoms with van der Waals surface area (Å²) in [5, 5.41) is 17.3. The van der Waals surface area contributed by atoms with Gasteiger partial charge in [0.05, 0.1) is 5.25 Å². The fourth-order valence-electron chi connectivity index (χ4n) is 2.64. The lowest BCUT2D eigenvalue weighted by molar-refractivity contribution is -0.116. The molecule has 1 fully saturated rings. The van der Waals surface area contributed by atoms with E-state index in [-0.39, 0.29) is 17.2 Å². The van der Waals surface area contributed by atoms with Gasteiger partial charge in [0, 0.05) is 18.5 Å². The highest BCUT2D eigenvalue weighted by Gasteiger charge is 2.34. The van der Waals surface area contributed by atoms with Crippen molar-refractivity contribution < 1.29 is 9.21 Å². The third-order valence-electron chi connectivity index (χ3n) is 4.22. The van der Waals surface area contributed by atoms with Crippen LogP contribution in [-0.2, 0) is 4.79 Å². The van der Waals surface area contributed by atoms with E-state index in [0.29, 0.717) is 16.9 Å². The summed E-state index contributed by atoms with van der Waals surface area (Å²) in [6, 6.07) is 8.24. The Morgan fingerprint density at radius 1 is 1.22 bits per heavy atom. The Balaban J connectivity index is 1.46. The molecule has 1 aliphatic rings. The summed E-state index contributed by atoms with van der Waals surface area (Å²) in [5.41, 5.74) is 2.08. The highest BCUT2D eigenvalue weighted by molar-refractivity contribution is 8.01. The molecule has 1 aliphatic carbocycles. The number of aryl methyl sites for hydroxylation is 1. The topological polar surface area (TPSA) is 85.0 Å². The molecule has 0 bridgehead atoms. The molecule has 1 amide bonds. The van der Waals surface area contributed by atoms with E-state index in [4.69, 9.17) is 4.42 Å². The monoisotopic (exact) mass is 401 g/mol. The summed E-state index contributed by atoms with van der Waals surface area (Å²) in [7, 11) is 0. The number of aromatic nitrogens is 4. The Hall–Kier alpha value is -2.26. The number of carbonyl (C=O) groups excluding carboxylic acids is 1. The maximum atomic E-state index is 11.9. The molecule has 140 valence electrons. The second-order valence-electron chi connectivity index (χ2n) is 6.54. The minimum Gasteiger partial charge on any atom is -0.419 e. The summed E-state index contributed by atoms with van der Waals surface area (Å²) in [5.74, 6) is 1.06. The maximum absolute atomic E-state index is 11.9. The van der Waals surface area contributed by atoms with Crippen LogP contribution in [-0.4, -0.2) is 32.3 Å². The largest absolute Gasteiger partial charge is 0.419 e. The normalized spacial score (nSPS) is 14.9. The first kappa shape index (κ1) is 18.1. The predicted octanol–water partition coefficient (Wildman–Crippen LogP) is 4.27. The minimum absolute atomic E-state index is 0.0119. The van der Waals surface area contributed by atoms with Crippen molar-refractivity contribution in [3.63, 3.8) is 0 Å². The first-order valence-electron chi connectivity index (χ1n) is 8.71. The van der Waals surface area contributed by atoms with Crippen molar-refractivity contribution in [3.8, 4) is 11.5 Å². The summed E-state index contributed by atoms with van der Waals surface area (Å²) in [4.78, 5) is 13.6. The van der Waals surface area contributed by atoms with E-state index in [1.165, 1.54) is 28.7 Å². The predicted molar refractivity (Wildman–Crippen MR) is 105 cm³/mol. The zero-order valence-corrected chi connectivity index (χ0v) is 16.9. The smallest absolute Gasteiger partial charge is 0.247 e. The second kappa shape index (κ2) is 7.40. The fraction of sp³-hybridized carbons (Fsp3) is 0.389. The molecule has 2 heterocycles. The van der Waals surface area contributed by atoms with Crippen LogP contribution in [0.1, 0.15) is 43.4 Å². The number of thioether (sulfide) groups is 1. The zero-order valence-electron chi connectivity index (χ0n) is 15.2. The van der Waals surface area contributed by atoms with Crippen molar-refractivity contribution in [3.05, 3.63) is 35.7 Å². The average molecular weight is 402 g/mol. The highest BCUT2D eigenvalue weighted by atomic mass is 32.2. The van der Waals surface area contributed by atoms with Crippen molar-refractivity contribution in [2.45, 2.75) is 49.2 Å². The van der Waals surface area contributed by atoms with Gasteiger partial charge < -0.3 is 4.42 Å². The van der Waals surface area contributed by atoms with Crippen molar-refractivity contribution in [2.24, 2.45) is 0 Å². The number of hydrogen-bond acceptors (Lipinski definition) is 8. The van der Waals surface area contributed by atoms with Gasteiger partial charge in [-0.05, 0) is 38.8 Å². The summed E-state index contributed by atoms with van der Waals surface area (Å²) < 4.78 is 6.61. The third kappa shape index (κ3) is 4.03. The molecule has 1 saturated carbocycles. The molecule has 27 heavy (non-hydrogen) atoms. The number of benzene rings is 1. The van der Waals surface area contributed by atoms with Gasteiger partial charge in [-0.1, -0.05) is 40.8 Å². The van der Waals surface area contributed by atoms with Crippen LogP contribution in [0.2, 0.25) is 0 Å². The van der Waals surface area contributed by atoms with E-state index in [1.807, 2.05) is 38.1 Å². The molecule has 3 aromatic rings. The number of amides is 1. The van der Waals surface area contributed by atoms with Crippen molar-refractivity contribution >= 4 is 34.1 Å². The molecule has 0 saturated heterocycles. The van der Waals surface area contributed by atoms with Crippen LogP contribution in [0.5, 0.6) is 0 Å². The van der Waals surface area contributed by atoms with Crippen molar-refractivity contribution in [1.29, 1.82) is 0 Å². The van der Waals surface area contributed by atoms with Gasteiger partial charge in [-0.25, -0.2) is 0 Å². The molecule has 1 atom stereocenters. The van der Waals surface area contributed by atoms with Gasteiger partial charge in [0.1, 0.15) is 0 Å². The lowest BCUT2D eigenvalue weighted by Gasteiger charge is -2.15. The Bertz CT molecular complexity index is 949. The molecular weight excluding hydrogens is 382 g/mol. The molecule has 2 aromatic heterocycles. The lowest BCUT2D eigenvalue weighted by Crippen LogP contribution is -2.30. The number of carbonyl (C=O) groups is 1. The quantitative estimate of drug-likeness (QED) is 0.450. The fourth-order valence-corrected chi connectivity index (χ4v) is 4.77. The van der Waals surface area contributed by atoms with Crippen LogP contribution in [0.4, 0.5) is 5.13 Å². The molecule has 7 nitrogen and oxygen atoms in total. The van der Waals surface area contributed by atoms with E-state index in [2.05, 4.69) is 20.4 Å². The van der Waals surface area contributed by atoms with Crippen LogP contribution in [0.25, 0.3) is 11.5 Å². The summed E-state index contributed by atoms with van der Waals surface area (Å²) >= 11 is 2.92.